The van der Waals surface area contributed by atoms with E-state index in [1.54, 1.807) is 0 Å². The Morgan fingerprint density at radius 2 is 1.90 bits per heavy atom. The highest BCUT2D eigenvalue weighted by Gasteiger charge is 2.24. The van der Waals surface area contributed by atoms with Crippen LogP contribution < -0.4 is 20.7 Å². The number of fused-ring (bicyclic) bond motifs is 1. The minimum absolute atomic E-state index is 0.0840. The zero-order chi connectivity index (χ0) is 26.8. The molecule has 0 unspecified atom stereocenters. The fourth-order valence-electron chi connectivity index (χ4n) is 4.21. The molecule has 2 heterocycles. The van der Waals surface area contributed by atoms with E-state index < -0.39 is 6.09 Å². The van der Waals surface area contributed by atoms with Crippen LogP contribution in [0.2, 0.25) is 0 Å². The first-order valence-electron chi connectivity index (χ1n) is 12.8. The fourth-order valence-corrected chi connectivity index (χ4v) is 5.06. The molecule has 6 rings (SSSR count). The Kier molecular flexibility index (Phi) is 6.73. The van der Waals surface area contributed by atoms with Crippen LogP contribution in [0, 0.1) is 6.92 Å². The number of aromatic amines is 1. The summed E-state index contributed by atoms with van der Waals surface area (Å²) >= 11 is 1.24. The first-order chi connectivity index (χ1) is 19.0. The van der Waals surface area contributed by atoms with E-state index in [2.05, 4.69) is 20.9 Å². The lowest BCUT2D eigenvalue weighted by molar-refractivity contribution is 0.0951. The molecule has 2 amide bonds. The van der Waals surface area contributed by atoms with E-state index >= 15 is 0 Å². The number of thiazole rings is 1. The summed E-state index contributed by atoms with van der Waals surface area (Å²) in [6.45, 7) is 2.32. The maximum absolute atomic E-state index is 12.8. The number of rotatable bonds is 8. The van der Waals surface area contributed by atoms with Crippen molar-refractivity contribution in [1.82, 2.24) is 20.6 Å². The molecule has 0 aliphatic heterocycles. The molecule has 0 bridgehead atoms. The molecule has 2 aromatic heterocycles. The van der Waals surface area contributed by atoms with Crippen LogP contribution in [-0.2, 0) is 6.54 Å². The number of nitrogens with one attached hydrogen (secondary N) is 4. The largest absolute Gasteiger partial charge is 0.413 e. The van der Waals surface area contributed by atoms with Crippen molar-refractivity contribution in [1.29, 1.82) is 0 Å². The first-order valence-corrected chi connectivity index (χ1v) is 13.6. The molecule has 0 radical (unpaired) electrons. The molecule has 39 heavy (non-hydrogen) atoms. The predicted octanol–water partition coefficient (Wildman–Crippen LogP) is 6.52. The molecule has 1 aliphatic rings. The van der Waals surface area contributed by atoms with Crippen LogP contribution >= 0.6 is 11.3 Å². The zero-order valence-electron chi connectivity index (χ0n) is 21.3. The van der Waals surface area contributed by atoms with E-state index in [4.69, 9.17) is 9.72 Å². The Bertz CT molecular complexity index is 1660. The second kappa shape index (κ2) is 10.6. The van der Waals surface area contributed by atoms with E-state index in [9.17, 15) is 9.59 Å². The van der Waals surface area contributed by atoms with E-state index in [0.717, 1.165) is 46.1 Å². The molecular formula is C30H27N5O3S. The summed E-state index contributed by atoms with van der Waals surface area (Å²) in [6, 6.07) is 23.4. The van der Waals surface area contributed by atoms with Crippen LogP contribution in [-0.4, -0.2) is 28.0 Å². The number of carbonyl (C=O) groups excluding carboxylic acids is 2. The third-order valence-corrected chi connectivity index (χ3v) is 7.39. The number of aryl methyl sites for hydroxylation is 1. The van der Waals surface area contributed by atoms with Gasteiger partial charge in [-0.15, -0.1) is 0 Å². The van der Waals surface area contributed by atoms with Crippen LogP contribution in [0.25, 0.3) is 22.2 Å². The Labute approximate surface area is 229 Å². The Morgan fingerprint density at radius 3 is 2.72 bits per heavy atom. The van der Waals surface area contributed by atoms with Crippen molar-refractivity contribution in [3.63, 3.8) is 0 Å². The quantitative estimate of drug-likeness (QED) is 0.180. The number of ether oxygens (including phenoxy) is 1. The topological polar surface area (TPSA) is 108 Å². The van der Waals surface area contributed by atoms with Gasteiger partial charge in [0.15, 0.2) is 5.13 Å². The number of H-pyrrole nitrogens is 1. The molecule has 196 valence electrons. The molecule has 1 fully saturated rings. The molecule has 0 saturated heterocycles. The van der Waals surface area contributed by atoms with Gasteiger partial charge < -0.3 is 25.7 Å². The van der Waals surface area contributed by atoms with Gasteiger partial charge in [-0.1, -0.05) is 53.8 Å². The van der Waals surface area contributed by atoms with Crippen LogP contribution in [0.4, 0.5) is 15.6 Å². The van der Waals surface area contributed by atoms with Crippen molar-refractivity contribution in [2.45, 2.75) is 32.4 Å². The van der Waals surface area contributed by atoms with Gasteiger partial charge in [0.05, 0.1) is 0 Å². The normalized spacial score (nSPS) is 12.7. The van der Waals surface area contributed by atoms with Crippen molar-refractivity contribution < 1.29 is 14.3 Å². The van der Waals surface area contributed by atoms with Crippen LogP contribution in [0.1, 0.15) is 34.3 Å². The van der Waals surface area contributed by atoms with E-state index in [-0.39, 0.29) is 11.9 Å². The smallest absolute Gasteiger partial charge is 0.397 e. The lowest BCUT2D eigenvalue weighted by Gasteiger charge is -2.10. The van der Waals surface area contributed by atoms with Gasteiger partial charge in [0.25, 0.3) is 5.91 Å². The molecule has 9 heteroatoms. The van der Waals surface area contributed by atoms with Crippen molar-refractivity contribution in [2.24, 2.45) is 0 Å². The summed E-state index contributed by atoms with van der Waals surface area (Å²) in [5.41, 5.74) is 5.67. The maximum Gasteiger partial charge on any atom is 0.413 e. The van der Waals surface area contributed by atoms with Crippen molar-refractivity contribution in [2.75, 3.05) is 5.32 Å². The maximum atomic E-state index is 12.8. The highest BCUT2D eigenvalue weighted by molar-refractivity contribution is 7.18. The average molecular weight is 538 g/mol. The van der Waals surface area contributed by atoms with Gasteiger partial charge in [-0.3, -0.25) is 4.79 Å². The molecule has 1 saturated carbocycles. The Morgan fingerprint density at radius 1 is 1.05 bits per heavy atom. The highest BCUT2D eigenvalue weighted by Crippen LogP contribution is 2.40. The SMILES string of the molecule is Cc1ccc(C(=O)NC2CC2)cc1Nc1nc(-c2ccc3[nH]ccc3c2)c(OC(=O)NCc2ccccc2)s1. The summed E-state index contributed by atoms with van der Waals surface area (Å²) in [7, 11) is 0. The van der Waals surface area contributed by atoms with Crippen molar-refractivity contribution in [3.8, 4) is 16.3 Å². The molecule has 5 aromatic rings. The Balaban J connectivity index is 1.27. The van der Waals surface area contributed by atoms with Gasteiger partial charge in [-0.2, -0.15) is 0 Å². The lowest BCUT2D eigenvalue weighted by Crippen LogP contribution is -2.26. The molecule has 0 atom stereocenters. The van der Waals surface area contributed by atoms with Crippen LogP contribution in [0.15, 0.2) is 79.0 Å². The van der Waals surface area contributed by atoms with Gasteiger partial charge in [0.2, 0.25) is 5.06 Å². The number of benzene rings is 3. The average Bonchev–Trinajstić information content (AvgIpc) is 3.48. The molecular weight excluding hydrogens is 510 g/mol. The second-order valence-electron chi connectivity index (χ2n) is 9.57. The molecule has 0 spiro atoms. The number of amides is 2. The third kappa shape index (κ3) is 5.78. The number of aromatic nitrogens is 2. The van der Waals surface area contributed by atoms with Gasteiger partial charge in [-0.25, -0.2) is 9.78 Å². The lowest BCUT2D eigenvalue weighted by atomic mass is 10.1. The van der Waals surface area contributed by atoms with Gasteiger partial charge in [-0.05, 0) is 61.2 Å². The monoisotopic (exact) mass is 537 g/mol. The highest BCUT2D eigenvalue weighted by atomic mass is 32.1. The summed E-state index contributed by atoms with van der Waals surface area (Å²) in [4.78, 5) is 33.4. The van der Waals surface area contributed by atoms with Crippen LogP contribution in [0.3, 0.4) is 0 Å². The zero-order valence-corrected chi connectivity index (χ0v) is 22.1. The van der Waals surface area contributed by atoms with E-state index in [1.165, 1.54) is 11.3 Å². The third-order valence-electron chi connectivity index (χ3n) is 6.54. The van der Waals surface area contributed by atoms with Crippen LogP contribution in [0.5, 0.6) is 5.06 Å². The second-order valence-corrected chi connectivity index (χ2v) is 10.5. The van der Waals surface area contributed by atoms with Gasteiger partial charge in [0.1, 0.15) is 5.69 Å². The fraction of sp³-hybridized carbons (Fsp3) is 0.167. The molecule has 1 aliphatic carbocycles. The minimum atomic E-state index is -0.562. The summed E-state index contributed by atoms with van der Waals surface area (Å²) in [5.74, 6) is -0.0840. The number of carbonyl (C=O) groups is 2. The van der Waals surface area contributed by atoms with Crippen molar-refractivity contribution in [3.05, 3.63) is 95.7 Å². The standard InChI is InChI=1S/C30H27N5O3S/c1-18-7-8-22(27(36)33-23-10-11-23)16-25(18)34-29-35-26(21-9-12-24-20(15-21)13-14-31-24)28(39-29)38-30(37)32-17-19-5-3-2-4-6-19/h2-9,12-16,23,31H,10-11,17H2,1H3,(H,32,37)(H,33,36)(H,34,35). The number of hydrogen-bond acceptors (Lipinski definition) is 6. The van der Waals surface area contributed by atoms with E-state index in [1.807, 2.05) is 85.9 Å². The summed E-state index contributed by atoms with van der Waals surface area (Å²) in [6.07, 6.45) is 3.38. The Hall–Kier alpha value is -4.63. The van der Waals surface area contributed by atoms with E-state index in [0.29, 0.717) is 28.0 Å². The molecule has 4 N–H and O–H groups in total. The minimum Gasteiger partial charge on any atom is -0.397 e. The van der Waals surface area contributed by atoms with Crippen molar-refractivity contribution >= 4 is 45.1 Å². The van der Waals surface area contributed by atoms with Gasteiger partial charge in [0, 0.05) is 46.5 Å². The number of anilines is 2. The summed E-state index contributed by atoms with van der Waals surface area (Å²) < 4.78 is 5.77. The molecule has 8 nitrogen and oxygen atoms in total. The first kappa shape index (κ1) is 24.7. The molecule has 3 aromatic carbocycles. The number of hydrogen-bond donors (Lipinski definition) is 4. The van der Waals surface area contributed by atoms with Gasteiger partial charge >= 0.3 is 6.09 Å². The summed E-state index contributed by atoms with van der Waals surface area (Å²) in [5, 5.41) is 11.1. The number of nitrogens with zero attached hydrogens (tertiary/aromatic N) is 1. The predicted molar refractivity (Wildman–Crippen MR) is 154 cm³/mol.